The van der Waals surface area contributed by atoms with E-state index in [1.54, 1.807) is 6.07 Å². The normalized spacial score (nSPS) is 11.1. The Kier molecular flexibility index (Phi) is 6.82. The van der Waals surface area contributed by atoms with Crippen LogP contribution in [0.25, 0.3) is 16.8 Å². The van der Waals surface area contributed by atoms with Gasteiger partial charge < -0.3 is 10.1 Å². The van der Waals surface area contributed by atoms with Gasteiger partial charge in [0.05, 0.1) is 5.69 Å². The van der Waals surface area contributed by atoms with Crippen molar-refractivity contribution in [1.82, 2.24) is 0 Å². The molecule has 0 fully saturated rings. The number of nitrogens with one attached hydrogen (secondary N) is 1. The topological polar surface area (TPSA) is 62.1 Å². The summed E-state index contributed by atoms with van der Waals surface area (Å²) in [5.41, 5.74) is 1.39. The number of halogens is 2. The first-order valence-corrected chi connectivity index (χ1v) is 10.9. The number of hydrogen-bond acceptors (Lipinski definition) is 3. The lowest BCUT2D eigenvalue weighted by Crippen LogP contribution is -2.14. The van der Waals surface area contributed by atoms with Crippen molar-refractivity contribution in [2.75, 3.05) is 5.32 Å². The van der Waals surface area contributed by atoms with E-state index in [0.717, 1.165) is 20.8 Å². The number of para-hydroxylation sites is 1. The summed E-state index contributed by atoms with van der Waals surface area (Å²) in [5, 5.41) is 13.9. The van der Waals surface area contributed by atoms with Crippen LogP contribution >= 0.6 is 15.9 Å². The van der Waals surface area contributed by atoms with Crippen molar-refractivity contribution < 1.29 is 13.9 Å². The SMILES string of the molecule is N#C/C(=C\c1c(OCc2ccccc2Br)ccc2ccccc12)C(=O)Nc1ccccc1F. The number of hydrogen-bond donors (Lipinski definition) is 1. The number of carbonyl (C=O) groups is 1. The average Bonchev–Trinajstić information content (AvgIpc) is 2.83. The number of ether oxygens (including phenoxy) is 1. The molecule has 1 amide bonds. The lowest BCUT2D eigenvalue weighted by molar-refractivity contribution is -0.112. The third-order valence-electron chi connectivity index (χ3n) is 5.05. The maximum atomic E-state index is 14.0. The van der Waals surface area contributed by atoms with E-state index in [0.29, 0.717) is 17.9 Å². The van der Waals surface area contributed by atoms with Gasteiger partial charge in [0.25, 0.3) is 5.91 Å². The molecule has 0 saturated carbocycles. The van der Waals surface area contributed by atoms with Crippen LogP contribution in [0.2, 0.25) is 0 Å². The van der Waals surface area contributed by atoms with Crippen LogP contribution in [0.4, 0.5) is 10.1 Å². The van der Waals surface area contributed by atoms with Crippen LogP contribution in [0.3, 0.4) is 0 Å². The molecule has 33 heavy (non-hydrogen) atoms. The summed E-state index contributed by atoms with van der Waals surface area (Å²) in [6.07, 6.45) is 1.48. The first-order valence-electron chi connectivity index (χ1n) is 10.1. The number of fused-ring (bicyclic) bond motifs is 1. The molecule has 4 aromatic carbocycles. The molecule has 4 nitrogen and oxygen atoms in total. The summed E-state index contributed by atoms with van der Waals surface area (Å²) < 4.78 is 21.0. The van der Waals surface area contributed by atoms with E-state index in [4.69, 9.17) is 4.74 Å². The second-order valence-electron chi connectivity index (χ2n) is 7.18. The Labute approximate surface area is 199 Å². The van der Waals surface area contributed by atoms with Crippen molar-refractivity contribution in [2.24, 2.45) is 0 Å². The minimum absolute atomic E-state index is 0.00645. The molecule has 4 rings (SSSR count). The summed E-state index contributed by atoms with van der Waals surface area (Å²) >= 11 is 3.52. The van der Waals surface area contributed by atoms with Gasteiger partial charge in [-0.3, -0.25) is 4.79 Å². The fraction of sp³-hybridized carbons (Fsp3) is 0.0370. The van der Waals surface area contributed by atoms with Gasteiger partial charge in [0, 0.05) is 15.6 Å². The first-order chi connectivity index (χ1) is 16.1. The number of nitrogens with zero attached hydrogens (tertiary/aromatic N) is 1. The summed E-state index contributed by atoms with van der Waals surface area (Å²) in [6, 6.07) is 26.8. The highest BCUT2D eigenvalue weighted by atomic mass is 79.9. The van der Waals surface area contributed by atoms with Gasteiger partial charge in [0.15, 0.2) is 0 Å². The lowest BCUT2D eigenvalue weighted by Gasteiger charge is -2.13. The second-order valence-corrected chi connectivity index (χ2v) is 8.04. The second kappa shape index (κ2) is 10.1. The van der Waals surface area contributed by atoms with Crippen LogP contribution in [0.15, 0.2) is 95.0 Å². The third-order valence-corrected chi connectivity index (χ3v) is 5.82. The number of rotatable bonds is 6. The number of nitriles is 1. The van der Waals surface area contributed by atoms with Crippen LogP contribution in [-0.2, 0) is 11.4 Å². The van der Waals surface area contributed by atoms with Gasteiger partial charge >= 0.3 is 0 Å². The Morgan fingerprint density at radius 1 is 1.00 bits per heavy atom. The maximum absolute atomic E-state index is 14.0. The molecule has 162 valence electrons. The zero-order valence-electron chi connectivity index (χ0n) is 17.4. The van der Waals surface area contributed by atoms with E-state index < -0.39 is 11.7 Å². The summed E-state index contributed by atoms with van der Waals surface area (Å²) in [6.45, 7) is 0.296. The zero-order valence-corrected chi connectivity index (χ0v) is 19.0. The van der Waals surface area contributed by atoms with E-state index in [9.17, 15) is 14.4 Å². The van der Waals surface area contributed by atoms with Gasteiger partial charge in [0.1, 0.15) is 29.8 Å². The first kappa shape index (κ1) is 22.3. The Morgan fingerprint density at radius 3 is 2.52 bits per heavy atom. The molecule has 0 heterocycles. The largest absolute Gasteiger partial charge is 0.488 e. The van der Waals surface area contributed by atoms with Crippen LogP contribution in [0.1, 0.15) is 11.1 Å². The summed E-state index contributed by atoms with van der Waals surface area (Å²) in [4.78, 5) is 12.8. The van der Waals surface area contributed by atoms with Crippen molar-refractivity contribution in [3.63, 3.8) is 0 Å². The lowest BCUT2D eigenvalue weighted by atomic mass is 10.0. The average molecular weight is 501 g/mol. The van der Waals surface area contributed by atoms with Gasteiger partial charge in [0.2, 0.25) is 0 Å². The van der Waals surface area contributed by atoms with Crippen molar-refractivity contribution in [3.05, 3.63) is 112 Å². The number of amides is 1. The van der Waals surface area contributed by atoms with Gasteiger partial charge in [-0.2, -0.15) is 5.26 Å². The highest BCUT2D eigenvalue weighted by molar-refractivity contribution is 9.10. The zero-order chi connectivity index (χ0) is 23.2. The molecule has 0 aromatic heterocycles. The molecular weight excluding hydrogens is 483 g/mol. The number of carbonyl (C=O) groups excluding carboxylic acids is 1. The molecule has 0 bridgehead atoms. The Hall–Kier alpha value is -3.95. The highest BCUT2D eigenvalue weighted by Crippen LogP contribution is 2.31. The Morgan fingerprint density at radius 2 is 1.73 bits per heavy atom. The van der Waals surface area contributed by atoms with E-state index in [2.05, 4.69) is 21.2 Å². The van der Waals surface area contributed by atoms with E-state index in [1.807, 2.05) is 66.7 Å². The molecule has 0 unspecified atom stereocenters. The molecule has 0 aliphatic heterocycles. The van der Waals surface area contributed by atoms with Crippen LogP contribution in [-0.4, -0.2) is 5.91 Å². The molecule has 6 heteroatoms. The fourth-order valence-corrected chi connectivity index (χ4v) is 3.77. The number of anilines is 1. The monoisotopic (exact) mass is 500 g/mol. The molecular formula is C27H18BrFN2O2. The van der Waals surface area contributed by atoms with Crippen LogP contribution < -0.4 is 10.1 Å². The van der Waals surface area contributed by atoms with Gasteiger partial charge in [-0.1, -0.05) is 76.6 Å². The van der Waals surface area contributed by atoms with Crippen LogP contribution in [0, 0.1) is 17.1 Å². The minimum atomic E-state index is -0.702. The Bertz CT molecular complexity index is 1410. The van der Waals surface area contributed by atoms with Crippen molar-refractivity contribution in [3.8, 4) is 11.8 Å². The molecule has 4 aromatic rings. The van der Waals surface area contributed by atoms with Crippen molar-refractivity contribution in [1.29, 1.82) is 5.26 Å². The van der Waals surface area contributed by atoms with E-state index in [-0.39, 0.29) is 11.3 Å². The van der Waals surface area contributed by atoms with Crippen molar-refractivity contribution >= 4 is 44.4 Å². The minimum Gasteiger partial charge on any atom is -0.488 e. The molecule has 0 spiro atoms. The van der Waals surface area contributed by atoms with E-state index >= 15 is 0 Å². The molecule has 0 aliphatic rings. The van der Waals surface area contributed by atoms with Crippen molar-refractivity contribution in [2.45, 2.75) is 6.61 Å². The summed E-state index contributed by atoms with van der Waals surface area (Å²) in [7, 11) is 0. The molecule has 1 N–H and O–H groups in total. The van der Waals surface area contributed by atoms with Gasteiger partial charge in [-0.15, -0.1) is 0 Å². The molecule has 0 saturated heterocycles. The quantitative estimate of drug-likeness (QED) is 0.232. The molecule has 0 aliphatic carbocycles. The highest BCUT2D eigenvalue weighted by Gasteiger charge is 2.15. The smallest absolute Gasteiger partial charge is 0.266 e. The number of benzene rings is 4. The Balaban J connectivity index is 1.72. The predicted octanol–water partition coefficient (Wildman–Crippen LogP) is 6.87. The molecule has 0 radical (unpaired) electrons. The fourth-order valence-electron chi connectivity index (χ4n) is 3.37. The predicted molar refractivity (Wildman–Crippen MR) is 131 cm³/mol. The van der Waals surface area contributed by atoms with Crippen LogP contribution in [0.5, 0.6) is 5.75 Å². The maximum Gasteiger partial charge on any atom is 0.266 e. The van der Waals surface area contributed by atoms with Gasteiger partial charge in [-0.25, -0.2) is 4.39 Å². The summed E-state index contributed by atoms with van der Waals surface area (Å²) in [5.74, 6) is -0.756. The van der Waals surface area contributed by atoms with E-state index in [1.165, 1.54) is 24.3 Å². The standard InChI is InChI=1S/C27H18BrFN2O2/c28-23-10-4-2-8-19(23)17-33-26-14-13-18-7-1-3-9-21(18)22(26)15-20(16-30)27(32)31-25-12-6-5-11-24(25)29/h1-15H,17H2,(H,31,32)/b20-15+. The van der Waals surface area contributed by atoms with Gasteiger partial charge in [-0.05, 0) is 41.1 Å². The third kappa shape index (κ3) is 5.11. The molecule has 0 atom stereocenters.